The summed E-state index contributed by atoms with van der Waals surface area (Å²) in [6.45, 7) is 8.03. The van der Waals surface area contributed by atoms with E-state index in [-0.39, 0.29) is 0 Å². The van der Waals surface area contributed by atoms with Crippen molar-refractivity contribution in [2.75, 3.05) is 19.5 Å². The highest BCUT2D eigenvalue weighted by atomic mass is 16.5. The molecule has 1 atom stereocenters. The van der Waals surface area contributed by atoms with Crippen molar-refractivity contribution >= 4 is 23.6 Å². The van der Waals surface area contributed by atoms with Gasteiger partial charge in [0.2, 0.25) is 0 Å². The summed E-state index contributed by atoms with van der Waals surface area (Å²) in [7, 11) is 3.03. The van der Waals surface area contributed by atoms with Gasteiger partial charge in [0, 0.05) is 23.4 Å². The number of esters is 1. The van der Waals surface area contributed by atoms with Crippen LogP contribution in [0.15, 0.2) is 48.5 Å². The van der Waals surface area contributed by atoms with Crippen LogP contribution in [0, 0.1) is 20.8 Å². The number of methoxy groups -OCH3 is 2. The fraction of sp³-hybridized carbons (Fsp3) is 0.296. The maximum atomic E-state index is 12.6. The molecule has 1 heterocycles. The monoisotopic (exact) mass is 477 g/mol. The predicted octanol–water partition coefficient (Wildman–Crippen LogP) is 4.46. The number of aromatic nitrogens is 2. The summed E-state index contributed by atoms with van der Waals surface area (Å²) >= 11 is 0. The lowest BCUT2D eigenvalue weighted by Gasteiger charge is -2.15. The Hall–Kier alpha value is -4.07. The fourth-order valence-corrected chi connectivity index (χ4v) is 3.54. The number of nitrogens with one attached hydrogen (secondary N) is 1. The topological polar surface area (TPSA) is 91.7 Å². The highest BCUT2D eigenvalue weighted by molar-refractivity contribution is 5.97. The number of carbonyl (C=O) groups excluding carboxylic acids is 2. The molecule has 3 aromatic rings. The first kappa shape index (κ1) is 25.6. The Morgan fingerprint density at radius 2 is 1.77 bits per heavy atom. The molecule has 0 fully saturated rings. The van der Waals surface area contributed by atoms with Gasteiger partial charge in [0.25, 0.3) is 5.91 Å². The first-order chi connectivity index (χ1) is 16.7. The molecular formula is C27H31N3O5. The van der Waals surface area contributed by atoms with Crippen LogP contribution in [0.25, 0.3) is 6.08 Å². The Kier molecular flexibility index (Phi) is 8.30. The largest absolute Gasteiger partial charge is 0.497 e. The molecule has 1 amide bonds. The number of hydrogen-bond acceptors (Lipinski definition) is 6. The minimum Gasteiger partial charge on any atom is -0.497 e. The molecule has 0 aliphatic carbocycles. The van der Waals surface area contributed by atoms with Gasteiger partial charge in [-0.3, -0.25) is 9.48 Å². The molecule has 1 N–H and O–H groups in total. The van der Waals surface area contributed by atoms with Gasteiger partial charge in [-0.15, -0.1) is 0 Å². The van der Waals surface area contributed by atoms with E-state index in [1.807, 2.05) is 18.5 Å². The van der Waals surface area contributed by atoms with Crippen molar-refractivity contribution in [1.29, 1.82) is 0 Å². The maximum Gasteiger partial charge on any atom is 0.331 e. The lowest BCUT2D eigenvalue weighted by molar-refractivity contribution is -0.148. The Morgan fingerprint density at radius 3 is 2.43 bits per heavy atom. The zero-order chi connectivity index (χ0) is 25.5. The molecule has 0 radical (unpaired) electrons. The van der Waals surface area contributed by atoms with Crippen LogP contribution < -0.4 is 14.8 Å². The van der Waals surface area contributed by atoms with E-state index >= 15 is 0 Å². The molecular weight excluding hydrogens is 446 g/mol. The molecule has 1 unspecified atom stereocenters. The smallest absolute Gasteiger partial charge is 0.331 e. The zero-order valence-electron chi connectivity index (χ0n) is 20.9. The van der Waals surface area contributed by atoms with Gasteiger partial charge in [-0.05, 0) is 51.5 Å². The van der Waals surface area contributed by atoms with Crippen molar-refractivity contribution in [3.8, 4) is 11.5 Å². The third-order valence-corrected chi connectivity index (χ3v) is 5.60. The van der Waals surface area contributed by atoms with E-state index in [0.29, 0.717) is 23.7 Å². The average Bonchev–Trinajstić information content (AvgIpc) is 3.10. The van der Waals surface area contributed by atoms with Gasteiger partial charge in [-0.1, -0.05) is 29.8 Å². The number of anilines is 1. The van der Waals surface area contributed by atoms with Crippen LogP contribution in [0.2, 0.25) is 0 Å². The quantitative estimate of drug-likeness (QED) is 0.361. The Morgan fingerprint density at radius 1 is 1.06 bits per heavy atom. The van der Waals surface area contributed by atoms with Crippen molar-refractivity contribution in [3.05, 3.63) is 76.6 Å². The van der Waals surface area contributed by atoms with Crippen molar-refractivity contribution in [1.82, 2.24) is 9.78 Å². The minimum absolute atomic E-state index is 0.419. The zero-order valence-corrected chi connectivity index (χ0v) is 20.9. The highest BCUT2D eigenvalue weighted by Crippen LogP contribution is 2.29. The average molecular weight is 478 g/mol. The number of nitrogens with zero attached hydrogens (tertiary/aromatic N) is 2. The molecule has 0 bridgehead atoms. The van der Waals surface area contributed by atoms with Crippen LogP contribution in [0.3, 0.4) is 0 Å². The van der Waals surface area contributed by atoms with E-state index in [9.17, 15) is 9.59 Å². The predicted molar refractivity (Wildman–Crippen MR) is 135 cm³/mol. The summed E-state index contributed by atoms with van der Waals surface area (Å²) in [4.78, 5) is 25.0. The van der Waals surface area contributed by atoms with E-state index in [2.05, 4.69) is 41.6 Å². The minimum atomic E-state index is -1.02. The summed E-state index contributed by atoms with van der Waals surface area (Å²) in [6, 6.07) is 13.3. The Bertz CT molecular complexity index is 1230. The van der Waals surface area contributed by atoms with Gasteiger partial charge in [-0.25, -0.2) is 4.79 Å². The first-order valence-corrected chi connectivity index (χ1v) is 11.2. The van der Waals surface area contributed by atoms with E-state index in [1.54, 1.807) is 24.3 Å². The number of rotatable bonds is 9. The molecule has 0 aliphatic heterocycles. The number of benzene rings is 2. The molecule has 0 saturated heterocycles. The fourth-order valence-electron chi connectivity index (χ4n) is 3.54. The van der Waals surface area contributed by atoms with Gasteiger partial charge >= 0.3 is 5.97 Å². The molecule has 2 aromatic carbocycles. The van der Waals surface area contributed by atoms with Crippen LogP contribution in [0.4, 0.5) is 5.69 Å². The van der Waals surface area contributed by atoms with Crippen molar-refractivity contribution in [3.63, 3.8) is 0 Å². The third-order valence-electron chi connectivity index (χ3n) is 5.60. The number of ether oxygens (including phenoxy) is 3. The molecule has 35 heavy (non-hydrogen) atoms. The molecule has 1 aromatic heterocycles. The van der Waals surface area contributed by atoms with Crippen LogP contribution in [0.1, 0.15) is 35.0 Å². The molecule has 0 aliphatic rings. The summed E-state index contributed by atoms with van der Waals surface area (Å²) in [5.41, 5.74) is 5.34. The standard InChI is InChI=1S/C27H31N3O5/c1-17-7-9-21(10-8-17)16-30-19(3)23(18(2)29-30)12-14-26(31)35-20(4)27(32)28-24-15-22(33-5)11-13-25(24)34-6/h7-15,20H,16H2,1-6H3,(H,28,32)/b14-12+. The summed E-state index contributed by atoms with van der Waals surface area (Å²) in [6.07, 6.45) is 1.96. The summed E-state index contributed by atoms with van der Waals surface area (Å²) in [5.74, 6) is -0.0968. The molecule has 0 saturated carbocycles. The highest BCUT2D eigenvalue weighted by Gasteiger charge is 2.19. The SMILES string of the molecule is COc1ccc(OC)c(NC(=O)C(C)OC(=O)/C=C/c2c(C)nn(Cc3ccc(C)cc3)c2C)c1. The molecule has 0 spiro atoms. The second kappa shape index (κ2) is 11.4. The van der Waals surface area contributed by atoms with E-state index in [0.717, 1.165) is 22.5 Å². The number of aryl methyl sites for hydroxylation is 2. The normalized spacial score (nSPS) is 11.8. The lowest BCUT2D eigenvalue weighted by atomic mass is 10.1. The second-order valence-electron chi connectivity index (χ2n) is 8.20. The van der Waals surface area contributed by atoms with Crippen molar-refractivity contribution in [2.24, 2.45) is 0 Å². The summed E-state index contributed by atoms with van der Waals surface area (Å²) < 4.78 is 17.6. The number of carbonyl (C=O) groups is 2. The molecule has 8 heteroatoms. The number of hydrogen-bond donors (Lipinski definition) is 1. The van der Waals surface area contributed by atoms with E-state index < -0.39 is 18.0 Å². The first-order valence-electron chi connectivity index (χ1n) is 11.2. The van der Waals surface area contributed by atoms with Gasteiger partial charge in [0.1, 0.15) is 11.5 Å². The molecule has 184 valence electrons. The van der Waals surface area contributed by atoms with Crippen LogP contribution in [-0.2, 0) is 20.9 Å². The van der Waals surface area contributed by atoms with Gasteiger partial charge in [0.15, 0.2) is 6.10 Å². The van der Waals surface area contributed by atoms with E-state index in [4.69, 9.17) is 14.2 Å². The van der Waals surface area contributed by atoms with Crippen LogP contribution >= 0.6 is 0 Å². The Labute approximate surface area is 205 Å². The van der Waals surface area contributed by atoms with Crippen LogP contribution in [-0.4, -0.2) is 42.0 Å². The molecule has 8 nitrogen and oxygen atoms in total. The number of amides is 1. The van der Waals surface area contributed by atoms with E-state index in [1.165, 1.54) is 32.8 Å². The second-order valence-corrected chi connectivity index (χ2v) is 8.20. The third kappa shape index (κ3) is 6.50. The van der Waals surface area contributed by atoms with Gasteiger partial charge in [-0.2, -0.15) is 5.10 Å². The molecule has 3 rings (SSSR count). The summed E-state index contributed by atoms with van der Waals surface area (Å²) in [5, 5.41) is 7.30. The lowest BCUT2D eigenvalue weighted by Crippen LogP contribution is -2.29. The van der Waals surface area contributed by atoms with Crippen LogP contribution in [0.5, 0.6) is 11.5 Å². The van der Waals surface area contributed by atoms with Gasteiger partial charge < -0.3 is 19.5 Å². The van der Waals surface area contributed by atoms with Crippen molar-refractivity contribution in [2.45, 2.75) is 40.3 Å². The van der Waals surface area contributed by atoms with Gasteiger partial charge in [0.05, 0.1) is 32.1 Å². The van der Waals surface area contributed by atoms with Crippen molar-refractivity contribution < 1.29 is 23.8 Å². The maximum absolute atomic E-state index is 12.6. The Balaban J connectivity index is 1.63.